The Bertz CT molecular complexity index is 733. The molecule has 0 saturated carbocycles. The van der Waals surface area contributed by atoms with Crippen molar-refractivity contribution in [3.05, 3.63) is 34.7 Å². The summed E-state index contributed by atoms with van der Waals surface area (Å²) in [6.07, 6.45) is 0.915. The van der Waals surface area contributed by atoms with Gasteiger partial charge < -0.3 is 15.6 Å². The van der Waals surface area contributed by atoms with Gasteiger partial charge in [-0.05, 0) is 30.5 Å². The average molecular weight is 288 g/mol. The van der Waals surface area contributed by atoms with Crippen LogP contribution in [0.25, 0.3) is 11.0 Å². The third kappa shape index (κ3) is 2.47. The normalized spacial score (nSPS) is 22.1. The van der Waals surface area contributed by atoms with Gasteiger partial charge in [0.15, 0.2) is 0 Å². The number of nitrogens with zero attached hydrogens (tertiary/aromatic N) is 2. The predicted molar refractivity (Wildman–Crippen MR) is 80.9 cm³/mol. The van der Waals surface area contributed by atoms with Gasteiger partial charge in [0.25, 0.3) is 0 Å². The van der Waals surface area contributed by atoms with Crippen LogP contribution >= 0.6 is 0 Å². The number of nitrogens with one attached hydrogen (secondary N) is 1. The number of carbonyl (C=O) groups is 1. The number of aromatic amines is 1. The van der Waals surface area contributed by atoms with Crippen LogP contribution in [0, 0.1) is 5.41 Å². The quantitative estimate of drug-likeness (QED) is 0.864. The number of amides is 1. The average Bonchev–Trinajstić information content (AvgIpc) is 3.02. The van der Waals surface area contributed by atoms with Crippen molar-refractivity contribution >= 4 is 16.9 Å². The monoisotopic (exact) mass is 288 g/mol. The molecule has 0 aliphatic carbocycles. The van der Waals surface area contributed by atoms with Gasteiger partial charge in [0.1, 0.15) is 6.54 Å². The predicted octanol–water partition coefficient (Wildman–Crippen LogP) is 0.527. The fourth-order valence-corrected chi connectivity index (χ4v) is 2.90. The van der Waals surface area contributed by atoms with Gasteiger partial charge in [0, 0.05) is 13.1 Å². The van der Waals surface area contributed by atoms with E-state index in [2.05, 4.69) is 11.9 Å². The van der Waals surface area contributed by atoms with Crippen molar-refractivity contribution in [3.8, 4) is 0 Å². The Morgan fingerprint density at radius 3 is 2.90 bits per heavy atom. The van der Waals surface area contributed by atoms with E-state index >= 15 is 0 Å². The maximum Gasteiger partial charge on any atom is 0.326 e. The van der Waals surface area contributed by atoms with Gasteiger partial charge in [-0.25, -0.2) is 4.79 Å². The van der Waals surface area contributed by atoms with Crippen LogP contribution in [0.4, 0.5) is 0 Å². The number of imidazole rings is 1. The Hall–Kier alpha value is -2.08. The molecule has 1 aliphatic heterocycles. The van der Waals surface area contributed by atoms with Crippen molar-refractivity contribution in [2.75, 3.05) is 19.6 Å². The van der Waals surface area contributed by atoms with Crippen LogP contribution in [0.5, 0.6) is 0 Å². The molecule has 0 radical (unpaired) electrons. The number of rotatable bonds is 3. The number of likely N-dealkylation sites (tertiary alicyclic amines) is 1. The van der Waals surface area contributed by atoms with E-state index in [1.165, 1.54) is 4.57 Å². The molecule has 3 N–H and O–H groups in total. The van der Waals surface area contributed by atoms with E-state index in [4.69, 9.17) is 5.73 Å². The van der Waals surface area contributed by atoms with E-state index in [-0.39, 0.29) is 23.6 Å². The summed E-state index contributed by atoms with van der Waals surface area (Å²) >= 11 is 0. The minimum Gasteiger partial charge on any atom is -0.341 e. The van der Waals surface area contributed by atoms with E-state index in [9.17, 15) is 9.59 Å². The highest BCUT2D eigenvalue weighted by Gasteiger charge is 2.34. The number of nitrogens with two attached hydrogens (primary N) is 1. The smallest absolute Gasteiger partial charge is 0.326 e. The van der Waals surface area contributed by atoms with Crippen molar-refractivity contribution in [1.29, 1.82) is 0 Å². The number of benzene rings is 1. The molecule has 1 amide bonds. The Kier molecular flexibility index (Phi) is 3.33. The van der Waals surface area contributed by atoms with Crippen LogP contribution in [0.15, 0.2) is 29.1 Å². The third-order valence-corrected chi connectivity index (χ3v) is 4.38. The number of para-hydroxylation sites is 2. The molecule has 1 aromatic heterocycles. The first kappa shape index (κ1) is 13.9. The van der Waals surface area contributed by atoms with Crippen LogP contribution in [0.1, 0.15) is 13.3 Å². The molecule has 6 nitrogen and oxygen atoms in total. The minimum atomic E-state index is -0.245. The maximum absolute atomic E-state index is 12.4. The Balaban J connectivity index is 1.82. The SMILES string of the molecule is CC1(CN)CCN(C(=O)Cn2c(=O)[nH]c3ccccc32)C1. The van der Waals surface area contributed by atoms with Gasteiger partial charge in [-0.1, -0.05) is 19.1 Å². The zero-order valence-electron chi connectivity index (χ0n) is 12.1. The third-order valence-electron chi connectivity index (χ3n) is 4.38. The first-order chi connectivity index (χ1) is 10.0. The molecule has 0 bridgehead atoms. The first-order valence-electron chi connectivity index (χ1n) is 7.18. The van der Waals surface area contributed by atoms with E-state index in [1.807, 2.05) is 24.3 Å². The Labute approximate surface area is 122 Å². The van der Waals surface area contributed by atoms with Gasteiger partial charge in [-0.15, -0.1) is 0 Å². The van der Waals surface area contributed by atoms with Crippen LogP contribution in [0.3, 0.4) is 0 Å². The Morgan fingerprint density at radius 2 is 2.19 bits per heavy atom. The van der Waals surface area contributed by atoms with Crippen LogP contribution in [0.2, 0.25) is 0 Å². The molecule has 1 unspecified atom stereocenters. The molecular weight excluding hydrogens is 268 g/mol. The van der Waals surface area contributed by atoms with Crippen LogP contribution < -0.4 is 11.4 Å². The summed E-state index contributed by atoms with van der Waals surface area (Å²) < 4.78 is 1.50. The summed E-state index contributed by atoms with van der Waals surface area (Å²) in [6, 6.07) is 7.39. The molecule has 3 rings (SSSR count). The molecule has 1 aliphatic rings. The minimum absolute atomic E-state index is 0.000829. The number of hydrogen-bond acceptors (Lipinski definition) is 3. The van der Waals surface area contributed by atoms with E-state index in [1.54, 1.807) is 4.90 Å². The fraction of sp³-hybridized carbons (Fsp3) is 0.467. The topological polar surface area (TPSA) is 84.1 Å². The zero-order chi connectivity index (χ0) is 15.0. The molecule has 1 fully saturated rings. The largest absolute Gasteiger partial charge is 0.341 e. The molecule has 0 spiro atoms. The lowest BCUT2D eigenvalue weighted by Crippen LogP contribution is -2.37. The van der Waals surface area contributed by atoms with Gasteiger partial charge in [0.05, 0.1) is 11.0 Å². The van der Waals surface area contributed by atoms with Gasteiger partial charge in [-0.2, -0.15) is 0 Å². The molecular formula is C15H20N4O2. The fourth-order valence-electron chi connectivity index (χ4n) is 2.90. The van der Waals surface area contributed by atoms with Crippen molar-refractivity contribution < 1.29 is 4.79 Å². The van der Waals surface area contributed by atoms with Crippen molar-refractivity contribution in [1.82, 2.24) is 14.5 Å². The number of fused-ring (bicyclic) bond motifs is 1. The van der Waals surface area contributed by atoms with Gasteiger partial charge >= 0.3 is 5.69 Å². The summed E-state index contributed by atoms with van der Waals surface area (Å²) in [6.45, 7) is 4.12. The number of hydrogen-bond donors (Lipinski definition) is 2. The maximum atomic E-state index is 12.4. The molecule has 1 atom stereocenters. The lowest BCUT2D eigenvalue weighted by atomic mass is 9.90. The number of H-pyrrole nitrogens is 1. The van der Waals surface area contributed by atoms with Crippen LogP contribution in [-0.2, 0) is 11.3 Å². The lowest BCUT2D eigenvalue weighted by molar-refractivity contribution is -0.131. The van der Waals surface area contributed by atoms with Crippen molar-refractivity contribution in [2.24, 2.45) is 11.1 Å². The summed E-state index contributed by atoms with van der Waals surface area (Å²) in [5, 5.41) is 0. The molecule has 112 valence electrons. The van der Waals surface area contributed by atoms with Crippen molar-refractivity contribution in [2.45, 2.75) is 19.9 Å². The van der Waals surface area contributed by atoms with Crippen LogP contribution in [-0.4, -0.2) is 40.0 Å². The molecule has 2 heterocycles. The second kappa shape index (κ2) is 5.04. The summed E-state index contributed by atoms with van der Waals surface area (Å²) in [5.41, 5.74) is 7.04. The lowest BCUT2D eigenvalue weighted by Gasteiger charge is -2.22. The molecule has 21 heavy (non-hydrogen) atoms. The summed E-state index contributed by atoms with van der Waals surface area (Å²) in [4.78, 5) is 29.0. The highest BCUT2D eigenvalue weighted by atomic mass is 16.2. The van der Waals surface area contributed by atoms with Crippen molar-refractivity contribution in [3.63, 3.8) is 0 Å². The van der Waals surface area contributed by atoms with E-state index < -0.39 is 0 Å². The zero-order valence-corrected chi connectivity index (χ0v) is 12.1. The second-order valence-electron chi connectivity index (χ2n) is 6.11. The first-order valence-corrected chi connectivity index (χ1v) is 7.18. The van der Waals surface area contributed by atoms with E-state index in [0.29, 0.717) is 19.6 Å². The standard InChI is InChI=1S/C15H20N4O2/c1-15(9-16)6-7-18(10-15)13(20)8-19-12-5-3-2-4-11(12)17-14(19)21/h2-5H,6-10,16H2,1H3,(H,17,21). The summed E-state index contributed by atoms with van der Waals surface area (Å²) in [5.74, 6) is -0.0287. The van der Waals surface area contributed by atoms with Gasteiger partial charge in [-0.3, -0.25) is 9.36 Å². The molecule has 1 saturated heterocycles. The highest BCUT2D eigenvalue weighted by molar-refractivity contribution is 5.80. The van der Waals surface area contributed by atoms with Gasteiger partial charge in [0.2, 0.25) is 5.91 Å². The second-order valence-corrected chi connectivity index (χ2v) is 6.11. The molecule has 6 heteroatoms. The Morgan fingerprint density at radius 1 is 1.43 bits per heavy atom. The highest BCUT2D eigenvalue weighted by Crippen LogP contribution is 2.28. The number of carbonyl (C=O) groups excluding carboxylic acids is 1. The van der Waals surface area contributed by atoms with E-state index in [0.717, 1.165) is 17.5 Å². The molecule has 1 aromatic carbocycles. The number of aromatic nitrogens is 2. The molecule has 2 aromatic rings. The summed E-state index contributed by atoms with van der Waals surface area (Å²) in [7, 11) is 0.